The van der Waals surface area contributed by atoms with E-state index in [9.17, 15) is 17.6 Å². The zero-order valence-electron chi connectivity index (χ0n) is 15.6. The molecule has 1 amide bonds. The zero-order valence-corrected chi connectivity index (χ0v) is 16.4. The van der Waals surface area contributed by atoms with E-state index in [-0.39, 0.29) is 30.0 Å². The molecule has 9 heteroatoms. The summed E-state index contributed by atoms with van der Waals surface area (Å²) in [6, 6.07) is 6.41. The highest BCUT2D eigenvalue weighted by molar-refractivity contribution is 7.89. The molecular weight excluding hydrogens is 390 g/mol. The predicted molar refractivity (Wildman–Crippen MR) is 99.8 cm³/mol. The van der Waals surface area contributed by atoms with Crippen LogP contribution in [0.2, 0.25) is 0 Å². The van der Waals surface area contributed by atoms with E-state index in [4.69, 9.17) is 4.74 Å². The fourth-order valence-electron chi connectivity index (χ4n) is 2.90. The largest absolute Gasteiger partial charge is 0.377 e. The van der Waals surface area contributed by atoms with E-state index in [1.165, 1.54) is 38.1 Å². The molecule has 0 saturated carbocycles. The summed E-state index contributed by atoms with van der Waals surface area (Å²) in [4.78, 5) is 12.0. The van der Waals surface area contributed by atoms with Gasteiger partial charge in [-0.05, 0) is 56.2 Å². The molecule has 0 bridgehead atoms. The quantitative estimate of drug-likeness (QED) is 0.794. The average molecular weight is 410 g/mol. The third-order valence-corrected chi connectivity index (χ3v) is 6.13. The smallest absolute Gasteiger partial charge is 0.258 e. The summed E-state index contributed by atoms with van der Waals surface area (Å²) in [5.74, 6) is -2.41. The molecule has 2 aromatic carbocycles. The van der Waals surface area contributed by atoms with Gasteiger partial charge in [-0.25, -0.2) is 21.9 Å². The summed E-state index contributed by atoms with van der Waals surface area (Å²) in [6.07, 6.45) is 0. The molecule has 0 atom stereocenters. The third-order valence-electron chi connectivity index (χ3n) is 4.47. The van der Waals surface area contributed by atoms with Gasteiger partial charge in [-0.2, -0.15) is 0 Å². The van der Waals surface area contributed by atoms with E-state index in [0.717, 1.165) is 6.07 Å². The second kappa shape index (κ2) is 7.23. The molecule has 6 nitrogen and oxygen atoms in total. The predicted octanol–water partition coefficient (Wildman–Crippen LogP) is 2.90. The van der Waals surface area contributed by atoms with Gasteiger partial charge in [0.2, 0.25) is 10.0 Å². The number of carbonyl (C=O) groups is 1. The van der Waals surface area contributed by atoms with Crippen LogP contribution in [0.15, 0.2) is 35.2 Å². The van der Waals surface area contributed by atoms with E-state index in [1.54, 1.807) is 6.92 Å². The summed E-state index contributed by atoms with van der Waals surface area (Å²) >= 11 is 0. The molecule has 1 aliphatic rings. The Kier molecular flexibility index (Phi) is 5.26. The van der Waals surface area contributed by atoms with Crippen LogP contribution in [0.4, 0.5) is 14.5 Å². The molecule has 2 aromatic rings. The number of carbonyl (C=O) groups excluding carboxylic acids is 1. The number of anilines is 1. The number of hydrogen-bond acceptors (Lipinski definition) is 4. The van der Waals surface area contributed by atoms with Gasteiger partial charge in [0.05, 0.1) is 24.3 Å². The number of rotatable bonds is 5. The maximum atomic E-state index is 15.1. The molecule has 0 spiro atoms. The highest BCUT2D eigenvalue weighted by atomic mass is 32.2. The van der Waals surface area contributed by atoms with Crippen molar-refractivity contribution < 1.29 is 26.7 Å². The normalized spacial score (nSPS) is 15.8. The molecule has 1 heterocycles. The first-order chi connectivity index (χ1) is 13.0. The lowest BCUT2D eigenvalue weighted by Gasteiger charge is -2.38. The summed E-state index contributed by atoms with van der Waals surface area (Å²) in [6.45, 7) is 5.03. The fourth-order valence-corrected chi connectivity index (χ4v) is 4.36. The summed E-state index contributed by atoms with van der Waals surface area (Å²) < 4.78 is 61.1. The van der Waals surface area contributed by atoms with Crippen LogP contribution in [0, 0.1) is 25.5 Å². The Hall–Kier alpha value is -2.36. The number of nitrogens with one attached hydrogen (secondary N) is 2. The molecule has 0 radical (unpaired) electrons. The van der Waals surface area contributed by atoms with Crippen LogP contribution in [0.1, 0.15) is 28.4 Å². The minimum Gasteiger partial charge on any atom is -0.377 e. The van der Waals surface area contributed by atoms with Crippen LogP contribution in [0.5, 0.6) is 0 Å². The SMILES string of the molecule is Cc1cc(NC(=O)c2c(C)ccc(S(=O)(=O)NC3(C)COC3)c2F)ccc1F. The van der Waals surface area contributed by atoms with Gasteiger partial charge in [0.1, 0.15) is 10.7 Å². The number of halogens is 2. The maximum absolute atomic E-state index is 15.1. The van der Waals surface area contributed by atoms with Crippen LogP contribution >= 0.6 is 0 Å². The fraction of sp³-hybridized carbons (Fsp3) is 0.316. The topological polar surface area (TPSA) is 84.5 Å². The van der Waals surface area contributed by atoms with Gasteiger partial charge in [0.25, 0.3) is 5.91 Å². The molecule has 3 rings (SSSR count). The van der Waals surface area contributed by atoms with Crippen molar-refractivity contribution in [3.63, 3.8) is 0 Å². The van der Waals surface area contributed by atoms with Crippen molar-refractivity contribution in [1.82, 2.24) is 4.72 Å². The van der Waals surface area contributed by atoms with Gasteiger partial charge in [0, 0.05) is 5.69 Å². The lowest BCUT2D eigenvalue weighted by molar-refractivity contribution is -0.0523. The van der Waals surface area contributed by atoms with Gasteiger partial charge in [-0.15, -0.1) is 0 Å². The van der Waals surface area contributed by atoms with Gasteiger partial charge < -0.3 is 10.1 Å². The Balaban J connectivity index is 1.94. The van der Waals surface area contributed by atoms with Crippen molar-refractivity contribution in [1.29, 1.82) is 0 Å². The van der Waals surface area contributed by atoms with E-state index in [0.29, 0.717) is 5.56 Å². The molecular formula is C19H20F2N2O4S. The second-order valence-electron chi connectivity index (χ2n) is 7.15. The lowest BCUT2D eigenvalue weighted by Crippen LogP contribution is -2.59. The number of sulfonamides is 1. The van der Waals surface area contributed by atoms with Gasteiger partial charge in [-0.3, -0.25) is 4.79 Å². The van der Waals surface area contributed by atoms with Crippen molar-refractivity contribution in [2.45, 2.75) is 31.2 Å². The van der Waals surface area contributed by atoms with Gasteiger partial charge in [0.15, 0.2) is 5.82 Å². The Morgan fingerprint density at radius 3 is 2.36 bits per heavy atom. The molecule has 1 fully saturated rings. The summed E-state index contributed by atoms with van der Waals surface area (Å²) in [7, 11) is -4.20. The van der Waals surface area contributed by atoms with Gasteiger partial charge >= 0.3 is 0 Å². The van der Waals surface area contributed by atoms with Crippen LogP contribution in [-0.4, -0.2) is 33.1 Å². The second-order valence-corrected chi connectivity index (χ2v) is 8.80. The highest BCUT2D eigenvalue weighted by Gasteiger charge is 2.39. The van der Waals surface area contributed by atoms with Crippen LogP contribution in [-0.2, 0) is 14.8 Å². The zero-order chi connectivity index (χ0) is 20.7. The van der Waals surface area contributed by atoms with Gasteiger partial charge in [-0.1, -0.05) is 6.07 Å². The van der Waals surface area contributed by atoms with Crippen LogP contribution < -0.4 is 10.0 Å². The number of ether oxygens (including phenoxy) is 1. The number of benzene rings is 2. The first-order valence-corrected chi connectivity index (χ1v) is 9.99. The number of amides is 1. The summed E-state index contributed by atoms with van der Waals surface area (Å²) in [5, 5.41) is 2.48. The first-order valence-electron chi connectivity index (χ1n) is 8.51. The standard InChI is InChI=1S/C19H20F2N2O4S/c1-11-4-7-15(28(25,26)23-19(3)9-27-10-19)17(21)16(11)18(24)22-13-5-6-14(20)12(2)8-13/h4-8,23H,9-10H2,1-3H3,(H,22,24). The summed E-state index contributed by atoms with van der Waals surface area (Å²) in [5.41, 5.74) is -0.352. The molecule has 1 saturated heterocycles. The van der Waals surface area contributed by atoms with E-state index in [2.05, 4.69) is 10.0 Å². The minimum absolute atomic E-state index is 0.178. The molecule has 2 N–H and O–H groups in total. The highest BCUT2D eigenvalue weighted by Crippen LogP contribution is 2.26. The van der Waals surface area contributed by atoms with Crippen molar-refractivity contribution in [3.05, 3.63) is 58.7 Å². The van der Waals surface area contributed by atoms with Crippen molar-refractivity contribution >= 4 is 21.6 Å². The molecule has 28 heavy (non-hydrogen) atoms. The van der Waals surface area contributed by atoms with Crippen molar-refractivity contribution in [2.75, 3.05) is 18.5 Å². The van der Waals surface area contributed by atoms with Crippen molar-refractivity contribution in [2.24, 2.45) is 0 Å². The Bertz CT molecular complexity index is 1050. The number of aryl methyl sites for hydroxylation is 2. The van der Waals surface area contributed by atoms with E-state index in [1.807, 2.05) is 0 Å². The molecule has 1 aliphatic heterocycles. The first kappa shape index (κ1) is 20.4. The Morgan fingerprint density at radius 2 is 1.79 bits per heavy atom. The van der Waals surface area contributed by atoms with E-state index < -0.39 is 38.0 Å². The lowest BCUT2D eigenvalue weighted by atomic mass is 10.0. The Morgan fingerprint density at radius 1 is 1.11 bits per heavy atom. The Labute approximate surface area is 162 Å². The molecule has 0 aromatic heterocycles. The maximum Gasteiger partial charge on any atom is 0.258 e. The molecule has 0 aliphatic carbocycles. The third kappa shape index (κ3) is 3.91. The minimum atomic E-state index is -4.20. The van der Waals surface area contributed by atoms with Crippen LogP contribution in [0.25, 0.3) is 0 Å². The van der Waals surface area contributed by atoms with E-state index >= 15 is 4.39 Å². The molecule has 0 unspecified atom stereocenters. The number of hydrogen-bond donors (Lipinski definition) is 2. The molecule has 150 valence electrons. The van der Waals surface area contributed by atoms with Crippen molar-refractivity contribution in [3.8, 4) is 0 Å². The monoisotopic (exact) mass is 410 g/mol. The average Bonchev–Trinajstić information content (AvgIpc) is 2.56. The van der Waals surface area contributed by atoms with Crippen LogP contribution in [0.3, 0.4) is 0 Å².